The van der Waals surface area contributed by atoms with Crippen molar-refractivity contribution in [2.24, 2.45) is 0 Å². The van der Waals surface area contributed by atoms with E-state index >= 15 is 0 Å². The number of nitrogens with one attached hydrogen (secondary N) is 1. The monoisotopic (exact) mass is 268 g/mol. The SMILES string of the molecule is CN(C(=O)c1cccc2cc[nH]c12)c1ccc(F)cc1. The van der Waals surface area contributed by atoms with Gasteiger partial charge in [-0.15, -0.1) is 0 Å². The lowest BCUT2D eigenvalue weighted by atomic mass is 10.1. The van der Waals surface area contributed by atoms with Gasteiger partial charge in [0.15, 0.2) is 0 Å². The van der Waals surface area contributed by atoms with Gasteiger partial charge in [-0.25, -0.2) is 4.39 Å². The van der Waals surface area contributed by atoms with Crippen molar-refractivity contribution in [3.05, 3.63) is 66.1 Å². The molecule has 0 atom stereocenters. The number of H-pyrrole nitrogens is 1. The van der Waals surface area contributed by atoms with Gasteiger partial charge < -0.3 is 9.88 Å². The molecule has 100 valence electrons. The van der Waals surface area contributed by atoms with Crippen LogP contribution in [-0.4, -0.2) is 17.9 Å². The fourth-order valence-electron chi connectivity index (χ4n) is 2.23. The van der Waals surface area contributed by atoms with Crippen LogP contribution in [0.3, 0.4) is 0 Å². The average Bonchev–Trinajstić information content (AvgIpc) is 2.95. The number of carbonyl (C=O) groups excluding carboxylic acids is 1. The van der Waals surface area contributed by atoms with Crippen LogP contribution in [0.1, 0.15) is 10.4 Å². The highest BCUT2D eigenvalue weighted by molar-refractivity contribution is 6.12. The van der Waals surface area contributed by atoms with Crippen LogP contribution in [0, 0.1) is 5.82 Å². The smallest absolute Gasteiger partial charge is 0.260 e. The Hall–Kier alpha value is -2.62. The summed E-state index contributed by atoms with van der Waals surface area (Å²) in [6.45, 7) is 0. The molecule has 1 amide bonds. The van der Waals surface area contributed by atoms with Crippen LogP contribution in [0.25, 0.3) is 10.9 Å². The number of benzene rings is 2. The highest BCUT2D eigenvalue weighted by Gasteiger charge is 2.16. The first-order chi connectivity index (χ1) is 9.66. The standard InChI is InChI=1S/C16H13FN2O/c1-19(13-7-5-12(17)6-8-13)16(20)14-4-2-3-11-9-10-18-15(11)14/h2-10,18H,1H3. The Labute approximate surface area is 115 Å². The van der Waals surface area contributed by atoms with Crippen LogP contribution in [0.15, 0.2) is 54.7 Å². The predicted octanol–water partition coefficient (Wildman–Crippen LogP) is 3.58. The first-order valence-electron chi connectivity index (χ1n) is 6.26. The number of para-hydroxylation sites is 1. The topological polar surface area (TPSA) is 36.1 Å². The number of anilines is 1. The number of hydrogen-bond acceptors (Lipinski definition) is 1. The van der Waals surface area contributed by atoms with E-state index in [4.69, 9.17) is 0 Å². The molecule has 3 rings (SSSR count). The quantitative estimate of drug-likeness (QED) is 0.757. The normalized spacial score (nSPS) is 10.7. The molecule has 0 saturated heterocycles. The van der Waals surface area contributed by atoms with E-state index < -0.39 is 0 Å². The maximum Gasteiger partial charge on any atom is 0.260 e. The number of nitrogens with zero attached hydrogens (tertiary/aromatic N) is 1. The zero-order valence-corrected chi connectivity index (χ0v) is 10.9. The van der Waals surface area contributed by atoms with E-state index in [9.17, 15) is 9.18 Å². The average molecular weight is 268 g/mol. The molecule has 0 unspecified atom stereocenters. The molecule has 4 heteroatoms. The molecule has 0 aliphatic carbocycles. The molecule has 0 fully saturated rings. The van der Waals surface area contributed by atoms with Crippen LogP contribution >= 0.6 is 0 Å². The van der Waals surface area contributed by atoms with Gasteiger partial charge in [0.2, 0.25) is 0 Å². The molecule has 0 bridgehead atoms. The van der Waals surface area contributed by atoms with Crippen LogP contribution < -0.4 is 4.90 Å². The van der Waals surface area contributed by atoms with E-state index in [2.05, 4.69) is 4.98 Å². The van der Waals surface area contributed by atoms with Crippen molar-refractivity contribution in [2.75, 3.05) is 11.9 Å². The summed E-state index contributed by atoms with van der Waals surface area (Å²) in [5, 5.41) is 0.989. The van der Waals surface area contributed by atoms with E-state index in [1.165, 1.54) is 17.0 Å². The van der Waals surface area contributed by atoms with Crippen LogP contribution in [-0.2, 0) is 0 Å². The predicted molar refractivity (Wildman–Crippen MR) is 77.4 cm³/mol. The van der Waals surface area contributed by atoms with Gasteiger partial charge in [0.1, 0.15) is 5.82 Å². The number of aromatic nitrogens is 1. The minimum Gasteiger partial charge on any atom is -0.361 e. The Bertz CT molecular complexity index is 762. The zero-order valence-electron chi connectivity index (χ0n) is 10.9. The van der Waals surface area contributed by atoms with Gasteiger partial charge in [-0.1, -0.05) is 12.1 Å². The van der Waals surface area contributed by atoms with Crippen molar-refractivity contribution < 1.29 is 9.18 Å². The molecule has 1 aromatic heterocycles. The lowest BCUT2D eigenvalue weighted by Crippen LogP contribution is -2.26. The van der Waals surface area contributed by atoms with Crippen molar-refractivity contribution in [1.82, 2.24) is 4.98 Å². The Morgan fingerprint density at radius 1 is 1.10 bits per heavy atom. The molecular formula is C16H13FN2O. The van der Waals surface area contributed by atoms with E-state index in [1.807, 2.05) is 18.2 Å². The number of rotatable bonds is 2. The van der Waals surface area contributed by atoms with Crippen molar-refractivity contribution in [1.29, 1.82) is 0 Å². The molecule has 0 aliphatic rings. The lowest BCUT2D eigenvalue weighted by molar-refractivity contribution is 0.0994. The van der Waals surface area contributed by atoms with Gasteiger partial charge in [0, 0.05) is 24.3 Å². The molecular weight excluding hydrogens is 255 g/mol. The van der Waals surface area contributed by atoms with E-state index in [-0.39, 0.29) is 11.7 Å². The Balaban J connectivity index is 1.99. The van der Waals surface area contributed by atoms with Crippen molar-refractivity contribution in [2.45, 2.75) is 0 Å². The van der Waals surface area contributed by atoms with Gasteiger partial charge in [-0.05, 0) is 36.4 Å². The summed E-state index contributed by atoms with van der Waals surface area (Å²) in [6, 6.07) is 13.3. The third kappa shape index (κ3) is 2.05. The van der Waals surface area contributed by atoms with Crippen LogP contribution in [0.5, 0.6) is 0 Å². The Morgan fingerprint density at radius 2 is 1.85 bits per heavy atom. The maximum absolute atomic E-state index is 12.9. The first-order valence-corrected chi connectivity index (χ1v) is 6.26. The van der Waals surface area contributed by atoms with Crippen molar-refractivity contribution in [3.63, 3.8) is 0 Å². The van der Waals surface area contributed by atoms with Crippen molar-refractivity contribution >= 4 is 22.5 Å². The summed E-state index contributed by atoms with van der Waals surface area (Å²) < 4.78 is 12.9. The maximum atomic E-state index is 12.9. The zero-order chi connectivity index (χ0) is 14.1. The highest BCUT2D eigenvalue weighted by atomic mass is 19.1. The van der Waals surface area contributed by atoms with Gasteiger partial charge in [0.25, 0.3) is 5.91 Å². The number of amides is 1. The van der Waals surface area contributed by atoms with E-state index in [0.29, 0.717) is 11.3 Å². The van der Waals surface area contributed by atoms with Gasteiger partial charge in [0.05, 0.1) is 11.1 Å². The highest BCUT2D eigenvalue weighted by Crippen LogP contribution is 2.21. The molecule has 1 heterocycles. The summed E-state index contributed by atoms with van der Waals surface area (Å²) in [7, 11) is 1.68. The number of fused-ring (bicyclic) bond motifs is 1. The van der Waals surface area contributed by atoms with Crippen molar-refractivity contribution in [3.8, 4) is 0 Å². The molecule has 3 nitrogen and oxygen atoms in total. The Morgan fingerprint density at radius 3 is 2.60 bits per heavy atom. The number of carbonyl (C=O) groups is 1. The second-order valence-corrected chi connectivity index (χ2v) is 4.59. The number of aromatic amines is 1. The number of hydrogen-bond donors (Lipinski definition) is 1. The molecule has 3 aromatic rings. The lowest BCUT2D eigenvalue weighted by Gasteiger charge is -2.17. The molecule has 2 aromatic carbocycles. The summed E-state index contributed by atoms with van der Waals surface area (Å²) >= 11 is 0. The minimum atomic E-state index is -0.318. The first kappa shape index (κ1) is 12.4. The van der Waals surface area contributed by atoms with Crippen LogP contribution in [0.4, 0.5) is 10.1 Å². The minimum absolute atomic E-state index is 0.135. The van der Waals surface area contributed by atoms with E-state index in [1.54, 1.807) is 31.4 Å². The molecule has 0 radical (unpaired) electrons. The molecule has 0 spiro atoms. The molecule has 20 heavy (non-hydrogen) atoms. The van der Waals surface area contributed by atoms with Gasteiger partial charge >= 0.3 is 0 Å². The Kier molecular flexibility index (Phi) is 2.99. The van der Waals surface area contributed by atoms with Gasteiger partial charge in [-0.2, -0.15) is 0 Å². The summed E-state index contributed by atoms with van der Waals surface area (Å²) in [5.41, 5.74) is 2.06. The third-order valence-electron chi connectivity index (χ3n) is 3.34. The number of halogens is 1. The fraction of sp³-hybridized carbons (Fsp3) is 0.0625. The molecule has 0 saturated carbocycles. The molecule has 0 aliphatic heterocycles. The van der Waals surface area contributed by atoms with Crippen LogP contribution in [0.2, 0.25) is 0 Å². The summed E-state index contributed by atoms with van der Waals surface area (Å²) in [6.07, 6.45) is 1.80. The second kappa shape index (κ2) is 4.81. The largest absolute Gasteiger partial charge is 0.361 e. The molecule has 1 N–H and O–H groups in total. The second-order valence-electron chi connectivity index (χ2n) is 4.59. The summed E-state index contributed by atoms with van der Waals surface area (Å²) in [5.74, 6) is -0.453. The summed E-state index contributed by atoms with van der Waals surface area (Å²) in [4.78, 5) is 17.1. The fourth-order valence-corrected chi connectivity index (χ4v) is 2.23. The van der Waals surface area contributed by atoms with E-state index in [0.717, 1.165) is 10.9 Å². The van der Waals surface area contributed by atoms with Gasteiger partial charge in [-0.3, -0.25) is 4.79 Å². The third-order valence-corrected chi connectivity index (χ3v) is 3.34.